The van der Waals surface area contributed by atoms with Crippen LogP contribution < -0.4 is 27.2 Å². The minimum Gasteiger partial charge on any atom is -1.00 e. The highest BCUT2D eigenvalue weighted by Crippen LogP contribution is 2.24. The Hall–Kier alpha value is -3.57. The first kappa shape index (κ1) is 20.7. The van der Waals surface area contributed by atoms with Gasteiger partial charge in [0.15, 0.2) is 5.84 Å². The van der Waals surface area contributed by atoms with Gasteiger partial charge in [0, 0.05) is 12.2 Å². The van der Waals surface area contributed by atoms with Crippen molar-refractivity contribution in [1.82, 2.24) is 4.98 Å². The number of benzene rings is 3. The average molecular weight is 430 g/mol. The molecule has 1 aromatic heterocycles. The Bertz CT molecular complexity index is 1140. The van der Waals surface area contributed by atoms with Gasteiger partial charge in [-0.3, -0.25) is 0 Å². The van der Waals surface area contributed by atoms with Crippen LogP contribution in [0.25, 0.3) is 0 Å². The molecule has 0 saturated heterocycles. The highest BCUT2D eigenvalue weighted by atomic mass is 35.5. The van der Waals surface area contributed by atoms with Crippen molar-refractivity contribution in [1.29, 1.82) is 0 Å². The van der Waals surface area contributed by atoms with Gasteiger partial charge in [-0.1, -0.05) is 78.9 Å². The zero-order valence-corrected chi connectivity index (χ0v) is 17.8. The molecule has 0 atom stereocenters. The first-order valence-corrected chi connectivity index (χ1v) is 10.2. The van der Waals surface area contributed by atoms with Gasteiger partial charge in [0.2, 0.25) is 17.8 Å². The lowest BCUT2D eigenvalue weighted by Crippen LogP contribution is -3.00. The summed E-state index contributed by atoms with van der Waals surface area (Å²) >= 11 is 0. The number of imidazole rings is 1. The van der Waals surface area contributed by atoms with Gasteiger partial charge in [-0.25, -0.2) is 14.5 Å². The molecule has 0 unspecified atom stereocenters. The van der Waals surface area contributed by atoms with Crippen LogP contribution >= 0.6 is 0 Å². The lowest BCUT2D eigenvalue weighted by Gasteiger charge is -2.24. The van der Waals surface area contributed by atoms with Crippen molar-refractivity contribution >= 4 is 17.3 Å². The predicted molar refractivity (Wildman–Crippen MR) is 121 cm³/mol. The Morgan fingerprint density at radius 2 is 1.45 bits per heavy atom. The number of aromatic amines is 1. The number of nitrogens with one attached hydrogen (secondary N) is 2. The number of aromatic nitrogens is 2. The highest BCUT2D eigenvalue weighted by molar-refractivity contribution is 6.09. The number of rotatable bonds is 5. The number of halogens is 1. The summed E-state index contributed by atoms with van der Waals surface area (Å²) in [5.74, 6) is 1.97. The van der Waals surface area contributed by atoms with Crippen LogP contribution in [0, 0.1) is 0 Å². The molecule has 1 aliphatic heterocycles. The molecule has 5 rings (SSSR count). The van der Waals surface area contributed by atoms with Crippen molar-refractivity contribution in [2.75, 3.05) is 16.9 Å². The molecule has 0 radical (unpaired) electrons. The molecular formula is C25H24ClN5. The zero-order valence-electron chi connectivity index (χ0n) is 17.1. The Morgan fingerprint density at radius 3 is 2.13 bits per heavy atom. The van der Waals surface area contributed by atoms with Crippen LogP contribution in [0.1, 0.15) is 16.8 Å². The van der Waals surface area contributed by atoms with E-state index in [4.69, 9.17) is 4.99 Å². The third-order valence-corrected chi connectivity index (χ3v) is 5.26. The van der Waals surface area contributed by atoms with Crippen molar-refractivity contribution in [3.05, 3.63) is 114 Å². The molecule has 3 aromatic carbocycles. The Morgan fingerprint density at radius 1 is 0.839 bits per heavy atom. The van der Waals surface area contributed by atoms with Gasteiger partial charge in [-0.05, 0) is 23.3 Å². The number of hydrogen-bond acceptors (Lipinski definition) is 3. The first-order valence-electron chi connectivity index (χ1n) is 10.2. The van der Waals surface area contributed by atoms with Gasteiger partial charge in [-0.15, -0.1) is 0 Å². The van der Waals surface area contributed by atoms with Crippen LogP contribution in [-0.2, 0) is 13.1 Å². The average Bonchev–Trinajstić information content (AvgIpc) is 3.22. The number of hydrogen-bond donors (Lipinski definition) is 2. The molecule has 0 spiro atoms. The molecule has 2 heterocycles. The maximum atomic E-state index is 4.91. The van der Waals surface area contributed by atoms with E-state index in [9.17, 15) is 0 Å². The summed E-state index contributed by atoms with van der Waals surface area (Å²) in [7, 11) is 0. The van der Waals surface area contributed by atoms with E-state index in [-0.39, 0.29) is 12.4 Å². The summed E-state index contributed by atoms with van der Waals surface area (Å²) < 4.78 is 2.23. The van der Waals surface area contributed by atoms with E-state index in [0.29, 0.717) is 6.67 Å². The van der Waals surface area contributed by atoms with Gasteiger partial charge >= 0.3 is 0 Å². The second kappa shape index (κ2) is 9.49. The highest BCUT2D eigenvalue weighted by Gasteiger charge is 2.31. The summed E-state index contributed by atoms with van der Waals surface area (Å²) in [6.45, 7) is 2.19. The van der Waals surface area contributed by atoms with E-state index in [1.807, 2.05) is 36.7 Å². The molecule has 31 heavy (non-hydrogen) atoms. The number of H-pyrrole nitrogens is 1. The van der Waals surface area contributed by atoms with E-state index in [0.717, 1.165) is 36.1 Å². The normalized spacial score (nSPS) is 12.5. The fraction of sp³-hybridized carbons (Fsp3) is 0.120. The molecule has 0 saturated carbocycles. The molecular weight excluding hydrogens is 406 g/mol. The first-order chi connectivity index (χ1) is 14.9. The number of amidine groups is 1. The molecule has 0 bridgehead atoms. The van der Waals surface area contributed by atoms with Crippen LogP contribution in [0.4, 0.5) is 11.5 Å². The lowest BCUT2D eigenvalue weighted by atomic mass is 10.2. The van der Waals surface area contributed by atoms with Gasteiger partial charge in [0.1, 0.15) is 13.2 Å². The molecule has 0 aliphatic carbocycles. The lowest BCUT2D eigenvalue weighted by molar-refractivity contribution is -0.687. The number of nitrogens with zero attached hydrogens (tertiary/aromatic N) is 3. The molecule has 2 N–H and O–H groups in total. The standard InChI is InChI=1S/C25H23N5.ClH/c1-4-10-20(11-5-1)16-29-19-27-25-23(29)24(28-22-14-8-3-9-15-22)26-18-30(25)17-21-12-6-2-7-13-21;/h1-15,19H,16-18H2,(H,26,28);1H. The summed E-state index contributed by atoms with van der Waals surface area (Å²) in [5.41, 5.74) is 4.63. The zero-order chi connectivity index (χ0) is 20.2. The molecule has 4 aromatic rings. The van der Waals surface area contributed by atoms with Crippen molar-refractivity contribution in [3.63, 3.8) is 0 Å². The topological polar surface area (TPSA) is 47.3 Å². The second-order valence-electron chi connectivity index (χ2n) is 7.41. The Labute approximate surface area is 188 Å². The van der Waals surface area contributed by atoms with Crippen LogP contribution in [0.3, 0.4) is 0 Å². The van der Waals surface area contributed by atoms with Crippen molar-refractivity contribution in [2.45, 2.75) is 13.1 Å². The fourth-order valence-corrected chi connectivity index (χ4v) is 3.79. The van der Waals surface area contributed by atoms with E-state index in [2.05, 4.69) is 80.4 Å². The number of aliphatic imine (C=N–C) groups is 1. The summed E-state index contributed by atoms with van der Waals surface area (Å²) in [6, 6.07) is 31.2. The third-order valence-electron chi connectivity index (χ3n) is 5.26. The van der Waals surface area contributed by atoms with Crippen molar-refractivity contribution in [3.8, 4) is 0 Å². The maximum absolute atomic E-state index is 4.91. The fourth-order valence-electron chi connectivity index (χ4n) is 3.79. The van der Waals surface area contributed by atoms with E-state index in [1.54, 1.807) is 0 Å². The number of para-hydroxylation sites is 1. The summed E-state index contributed by atoms with van der Waals surface area (Å²) in [4.78, 5) is 10.7. The van der Waals surface area contributed by atoms with Crippen LogP contribution in [0.2, 0.25) is 0 Å². The van der Waals surface area contributed by atoms with Crippen molar-refractivity contribution < 1.29 is 17.0 Å². The number of fused-ring (bicyclic) bond motifs is 1. The minimum absolute atomic E-state index is 0. The minimum atomic E-state index is 0. The molecule has 5 nitrogen and oxygen atoms in total. The van der Waals surface area contributed by atoms with Gasteiger partial charge < -0.3 is 22.6 Å². The van der Waals surface area contributed by atoms with Crippen molar-refractivity contribution in [2.24, 2.45) is 4.99 Å². The van der Waals surface area contributed by atoms with Gasteiger partial charge in [0.05, 0.1) is 0 Å². The largest absolute Gasteiger partial charge is 1.00 e. The maximum Gasteiger partial charge on any atom is 0.248 e. The molecule has 6 heteroatoms. The molecule has 156 valence electrons. The molecule has 0 amide bonds. The van der Waals surface area contributed by atoms with E-state index in [1.165, 1.54) is 11.1 Å². The summed E-state index contributed by atoms with van der Waals surface area (Å²) in [5, 5.41) is 3.52. The smallest absolute Gasteiger partial charge is 0.248 e. The Balaban J connectivity index is 0.00000231. The molecule has 0 fully saturated rings. The van der Waals surface area contributed by atoms with Gasteiger partial charge in [-0.2, -0.15) is 0 Å². The third kappa shape index (κ3) is 4.62. The Kier molecular flexibility index (Phi) is 6.34. The van der Waals surface area contributed by atoms with E-state index < -0.39 is 0 Å². The quantitative estimate of drug-likeness (QED) is 0.468. The van der Waals surface area contributed by atoms with Gasteiger partial charge in [0.25, 0.3) is 0 Å². The monoisotopic (exact) mass is 429 g/mol. The second-order valence-corrected chi connectivity index (χ2v) is 7.41. The molecule has 1 aliphatic rings. The van der Waals surface area contributed by atoms with Crippen LogP contribution in [0.5, 0.6) is 0 Å². The summed E-state index contributed by atoms with van der Waals surface area (Å²) in [6.07, 6.45) is 2.04. The number of anilines is 2. The SMILES string of the molecule is [Cl-].c1ccc(CN2CN=C(Nc3ccccc3)c3c2[nH]c[n+]3Cc2ccccc2)cc1. The van der Waals surface area contributed by atoms with E-state index >= 15 is 0 Å². The van der Waals surface area contributed by atoms with Crippen LogP contribution in [-0.4, -0.2) is 17.5 Å². The van der Waals surface area contributed by atoms with Crippen LogP contribution in [0.15, 0.2) is 102 Å². The predicted octanol–water partition coefficient (Wildman–Crippen LogP) is 1.19.